The maximum Gasteiger partial charge on any atom is 0.253 e. The van der Waals surface area contributed by atoms with E-state index in [4.69, 9.17) is 11.6 Å². The van der Waals surface area contributed by atoms with Crippen LogP contribution in [-0.2, 0) is 13.1 Å². The highest BCUT2D eigenvalue weighted by Crippen LogP contribution is 2.23. The van der Waals surface area contributed by atoms with Crippen molar-refractivity contribution >= 4 is 28.8 Å². The summed E-state index contributed by atoms with van der Waals surface area (Å²) in [5, 5.41) is 0. The zero-order valence-corrected chi connectivity index (χ0v) is 18.6. The third-order valence-electron chi connectivity index (χ3n) is 5.39. The third-order valence-corrected chi connectivity index (χ3v) is 6.61. The fourth-order valence-electron chi connectivity index (χ4n) is 3.60. The number of amides is 1. The third kappa shape index (κ3) is 5.57. The first-order chi connectivity index (χ1) is 13.5. The van der Waals surface area contributed by atoms with Gasteiger partial charge in [-0.2, -0.15) is 0 Å². The van der Waals surface area contributed by atoms with Gasteiger partial charge in [0.05, 0.1) is 4.34 Å². The monoisotopic (exact) mass is 419 g/mol. The molecule has 152 valence electrons. The molecule has 0 spiro atoms. The maximum atomic E-state index is 12.8. The first kappa shape index (κ1) is 21.3. The van der Waals surface area contributed by atoms with Crippen molar-refractivity contribution in [2.75, 3.05) is 32.7 Å². The van der Waals surface area contributed by atoms with Crippen LogP contribution >= 0.6 is 22.9 Å². The molecule has 1 aliphatic heterocycles. The number of piperazine rings is 1. The zero-order valence-electron chi connectivity index (χ0n) is 17.0. The number of thiophene rings is 1. The van der Waals surface area contributed by atoms with Crippen LogP contribution < -0.4 is 0 Å². The summed E-state index contributed by atoms with van der Waals surface area (Å²) in [7, 11) is 0. The van der Waals surface area contributed by atoms with Crippen molar-refractivity contribution in [1.82, 2.24) is 14.7 Å². The Bertz CT molecular complexity index is 766. The van der Waals surface area contributed by atoms with Crippen molar-refractivity contribution < 1.29 is 4.79 Å². The number of halogens is 1. The lowest BCUT2D eigenvalue weighted by molar-refractivity contribution is 0.0629. The predicted octanol–water partition coefficient (Wildman–Crippen LogP) is 4.59. The summed E-state index contributed by atoms with van der Waals surface area (Å²) in [6, 6.07) is 12.7. The lowest BCUT2D eigenvalue weighted by Gasteiger charge is -2.34. The van der Waals surface area contributed by atoms with Gasteiger partial charge in [0.2, 0.25) is 0 Å². The molecule has 1 amide bonds. The van der Waals surface area contributed by atoms with Gasteiger partial charge >= 0.3 is 0 Å². The molecule has 1 fully saturated rings. The predicted molar refractivity (Wildman–Crippen MR) is 118 cm³/mol. The van der Waals surface area contributed by atoms with E-state index in [1.165, 1.54) is 10.4 Å². The molecule has 0 aliphatic carbocycles. The lowest BCUT2D eigenvalue weighted by Crippen LogP contribution is -2.48. The Labute approximate surface area is 177 Å². The summed E-state index contributed by atoms with van der Waals surface area (Å²) in [6.45, 7) is 12.8. The number of carbonyl (C=O) groups excluding carboxylic acids is 1. The molecular formula is C22H30ClN3OS. The molecule has 0 saturated carbocycles. The summed E-state index contributed by atoms with van der Waals surface area (Å²) in [6.07, 6.45) is 0. The van der Waals surface area contributed by atoms with Crippen LogP contribution in [0.1, 0.15) is 41.6 Å². The average molecular weight is 420 g/mol. The summed E-state index contributed by atoms with van der Waals surface area (Å²) in [5.41, 5.74) is 2.04. The number of benzene rings is 1. The largest absolute Gasteiger partial charge is 0.336 e. The SMILES string of the molecule is CCN(Cc1ccc(C(=O)N2CCN(Cc3ccc(Cl)s3)CC2)cc1)C(C)C. The second-order valence-electron chi connectivity index (χ2n) is 7.63. The second kappa shape index (κ2) is 9.88. The Morgan fingerprint density at radius 2 is 1.79 bits per heavy atom. The molecule has 0 radical (unpaired) electrons. The minimum atomic E-state index is 0.140. The van der Waals surface area contributed by atoms with Gasteiger partial charge in [-0.15, -0.1) is 11.3 Å². The van der Waals surface area contributed by atoms with E-state index in [2.05, 4.69) is 48.8 Å². The summed E-state index contributed by atoms with van der Waals surface area (Å²) < 4.78 is 0.836. The average Bonchev–Trinajstić information content (AvgIpc) is 3.11. The van der Waals surface area contributed by atoms with E-state index in [0.717, 1.165) is 55.7 Å². The smallest absolute Gasteiger partial charge is 0.253 e. The van der Waals surface area contributed by atoms with Crippen LogP contribution in [0.4, 0.5) is 0 Å². The van der Waals surface area contributed by atoms with Crippen molar-refractivity contribution in [1.29, 1.82) is 0 Å². The molecular weight excluding hydrogens is 390 g/mol. The fourth-order valence-corrected chi connectivity index (χ4v) is 4.73. The van der Waals surface area contributed by atoms with Gasteiger partial charge < -0.3 is 4.90 Å². The number of carbonyl (C=O) groups is 1. The van der Waals surface area contributed by atoms with Gasteiger partial charge in [0.15, 0.2) is 0 Å². The van der Waals surface area contributed by atoms with Gasteiger partial charge in [-0.25, -0.2) is 0 Å². The Balaban J connectivity index is 1.52. The molecule has 3 rings (SSSR count). The Morgan fingerprint density at radius 3 is 2.32 bits per heavy atom. The normalized spacial score (nSPS) is 15.6. The molecule has 1 saturated heterocycles. The summed E-state index contributed by atoms with van der Waals surface area (Å²) >= 11 is 7.65. The molecule has 1 aromatic carbocycles. The van der Waals surface area contributed by atoms with Crippen molar-refractivity contribution in [2.24, 2.45) is 0 Å². The minimum absolute atomic E-state index is 0.140. The molecule has 1 aliphatic rings. The molecule has 0 bridgehead atoms. The second-order valence-corrected chi connectivity index (χ2v) is 9.43. The molecule has 4 nitrogen and oxygen atoms in total. The first-order valence-corrected chi connectivity index (χ1v) is 11.2. The van der Waals surface area contributed by atoms with Crippen LogP contribution in [0.15, 0.2) is 36.4 Å². The number of hydrogen-bond donors (Lipinski definition) is 0. The van der Waals surface area contributed by atoms with Crippen molar-refractivity contribution in [2.45, 2.75) is 39.9 Å². The molecule has 2 heterocycles. The highest BCUT2D eigenvalue weighted by atomic mass is 35.5. The molecule has 2 aromatic rings. The van der Waals surface area contributed by atoms with Gasteiger partial charge in [-0.1, -0.05) is 30.7 Å². The van der Waals surface area contributed by atoms with E-state index in [0.29, 0.717) is 6.04 Å². The number of rotatable bonds is 7. The standard InChI is InChI=1S/C22H30ClN3OS/c1-4-25(17(2)3)15-18-5-7-19(8-6-18)22(27)26-13-11-24(12-14-26)16-20-9-10-21(23)28-20/h5-10,17H,4,11-16H2,1-3H3. The Morgan fingerprint density at radius 1 is 1.11 bits per heavy atom. The van der Waals surface area contributed by atoms with E-state index in [1.54, 1.807) is 11.3 Å². The van der Waals surface area contributed by atoms with Crippen LogP contribution in [0.5, 0.6) is 0 Å². The van der Waals surface area contributed by atoms with Crippen molar-refractivity contribution in [3.63, 3.8) is 0 Å². The number of hydrogen-bond acceptors (Lipinski definition) is 4. The molecule has 0 unspecified atom stereocenters. The fraction of sp³-hybridized carbons (Fsp3) is 0.500. The van der Waals surface area contributed by atoms with E-state index < -0.39 is 0 Å². The Hall–Kier alpha value is -1.40. The summed E-state index contributed by atoms with van der Waals surface area (Å²) in [4.78, 5) is 20.9. The minimum Gasteiger partial charge on any atom is -0.336 e. The van der Waals surface area contributed by atoms with E-state index in [1.807, 2.05) is 23.1 Å². The van der Waals surface area contributed by atoms with Crippen LogP contribution in [0.25, 0.3) is 0 Å². The van der Waals surface area contributed by atoms with Gasteiger partial charge in [0.1, 0.15) is 0 Å². The van der Waals surface area contributed by atoms with Crippen LogP contribution in [0, 0.1) is 0 Å². The molecule has 6 heteroatoms. The lowest BCUT2D eigenvalue weighted by atomic mass is 10.1. The molecule has 0 N–H and O–H groups in total. The Kier molecular flexibility index (Phi) is 7.52. The van der Waals surface area contributed by atoms with E-state index in [-0.39, 0.29) is 5.91 Å². The van der Waals surface area contributed by atoms with Gasteiger partial charge in [0.25, 0.3) is 5.91 Å². The van der Waals surface area contributed by atoms with Crippen LogP contribution in [-0.4, -0.2) is 59.4 Å². The molecule has 1 aromatic heterocycles. The van der Waals surface area contributed by atoms with Crippen LogP contribution in [0.3, 0.4) is 0 Å². The van der Waals surface area contributed by atoms with Gasteiger partial charge in [-0.05, 0) is 50.2 Å². The van der Waals surface area contributed by atoms with Gasteiger partial charge in [0, 0.05) is 55.8 Å². The first-order valence-electron chi connectivity index (χ1n) is 10.0. The quantitative estimate of drug-likeness (QED) is 0.656. The number of nitrogens with zero attached hydrogens (tertiary/aromatic N) is 3. The summed E-state index contributed by atoms with van der Waals surface area (Å²) in [5.74, 6) is 0.140. The van der Waals surface area contributed by atoms with E-state index in [9.17, 15) is 4.79 Å². The zero-order chi connectivity index (χ0) is 20.1. The van der Waals surface area contributed by atoms with E-state index >= 15 is 0 Å². The van der Waals surface area contributed by atoms with Crippen LogP contribution in [0.2, 0.25) is 4.34 Å². The highest BCUT2D eigenvalue weighted by Gasteiger charge is 2.22. The van der Waals surface area contributed by atoms with Crippen molar-refractivity contribution in [3.05, 3.63) is 56.7 Å². The molecule has 0 atom stereocenters. The van der Waals surface area contributed by atoms with Crippen molar-refractivity contribution in [3.8, 4) is 0 Å². The molecule has 28 heavy (non-hydrogen) atoms. The topological polar surface area (TPSA) is 26.8 Å². The highest BCUT2D eigenvalue weighted by molar-refractivity contribution is 7.16. The van der Waals surface area contributed by atoms with Gasteiger partial charge in [-0.3, -0.25) is 14.6 Å². The maximum absolute atomic E-state index is 12.8.